The summed E-state index contributed by atoms with van der Waals surface area (Å²) in [7, 11) is 4.01. The van der Waals surface area contributed by atoms with Crippen LogP contribution in [0.25, 0.3) is 0 Å². The van der Waals surface area contributed by atoms with Crippen LogP contribution in [0.1, 0.15) is 18.5 Å². The molecular weight excluding hydrogens is 285 g/mol. The predicted molar refractivity (Wildman–Crippen MR) is 73.8 cm³/mol. The Kier molecular flexibility index (Phi) is 4.52. The van der Waals surface area contributed by atoms with E-state index >= 15 is 0 Å². The van der Waals surface area contributed by atoms with Gasteiger partial charge < -0.3 is 9.80 Å². The number of aromatic nitrogens is 2. The van der Waals surface area contributed by atoms with Crippen LogP contribution in [0.2, 0.25) is 0 Å². The summed E-state index contributed by atoms with van der Waals surface area (Å²) >= 11 is 0. The number of hydrazine groups is 1. The van der Waals surface area contributed by atoms with Crippen LogP contribution in [0.4, 0.5) is 24.9 Å². The van der Waals surface area contributed by atoms with Crippen molar-refractivity contribution in [2.45, 2.75) is 25.1 Å². The third-order valence-electron chi connectivity index (χ3n) is 3.65. The van der Waals surface area contributed by atoms with E-state index in [4.69, 9.17) is 5.84 Å². The van der Waals surface area contributed by atoms with E-state index in [0.29, 0.717) is 19.1 Å². The Labute approximate surface area is 121 Å². The van der Waals surface area contributed by atoms with Gasteiger partial charge in [-0.15, -0.1) is 0 Å². The summed E-state index contributed by atoms with van der Waals surface area (Å²) in [5.74, 6) is 5.18. The first kappa shape index (κ1) is 15.8. The molecule has 3 N–H and O–H groups in total. The van der Waals surface area contributed by atoms with Crippen molar-refractivity contribution in [2.75, 3.05) is 37.5 Å². The highest BCUT2D eigenvalue weighted by atomic mass is 19.4. The molecule has 1 aromatic heterocycles. The molecule has 0 aliphatic carbocycles. The number of hydrogen-bond donors (Lipinski definition) is 2. The summed E-state index contributed by atoms with van der Waals surface area (Å²) in [6.07, 6.45) is -2.77. The summed E-state index contributed by atoms with van der Waals surface area (Å²) in [6.45, 7) is 1.31. The topological polar surface area (TPSA) is 70.3 Å². The Morgan fingerprint density at radius 3 is 2.38 bits per heavy atom. The molecule has 1 aromatic rings. The molecule has 0 spiro atoms. The van der Waals surface area contributed by atoms with Crippen molar-refractivity contribution in [1.82, 2.24) is 14.9 Å². The lowest BCUT2D eigenvalue weighted by atomic mass is 10.0. The SMILES string of the molecule is CN(C)C1CCN(c2cc(C(F)(F)F)nc(NN)n2)CC1. The first-order chi connectivity index (χ1) is 9.81. The van der Waals surface area contributed by atoms with Crippen LogP contribution in [0.15, 0.2) is 6.07 Å². The van der Waals surface area contributed by atoms with Crippen LogP contribution in [0, 0.1) is 0 Å². The summed E-state index contributed by atoms with van der Waals surface area (Å²) in [5.41, 5.74) is 1.10. The molecule has 2 heterocycles. The lowest BCUT2D eigenvalue weighted by Crippen LogP contribution is -2.42. The van der Waals surface area contributed by atoms with Gasteiger partial charge in [-0.1, -0.05) is 0 Å². The number of halogens is 3. The predicted octanol–water partition coefficient (Wildman–Crippen LogP) is 1.31. The number of nitrogens with two attached hydrogens (primary N) is 1. The highest BCUT2D eigenvalue weighted by Crippen LogP contribution is 2.31. The fourth-order valence-corrected chi connectivity index (χ4v) is 2.42. The minimum atomic E-state index is -4.52. The van der Waals surface area contributed by atoms with Crippen molar-refractivity contribution < 1.29 is 13.2 Å². The second-order valence-corrected chi connectivity index (χ2v) is 5.26. The summed E-state index contributed by atoms with van der Waals surface area (Å²) in [4.78, 5) is 11.3. The molecule has 1 saturated heterocycles. The smallest absolute Gasteiger partial charge is 0.356 e. The van der Waals surface area contributed by atoms with Gasteiger partial charge in [0.2, 0.25) is 5.95 Å². The standard InChI is InChI=1S/C12H19F3N6/c1-20(2)8-3-5-21(6-4-8)10-7-9(12(13,14)15)17-11(18-10)19-16/h7-8H,3-6,16H2,1-2H3,(H,17,18,19). The van der Waals surface area contributed by atoms with Crippen LogP contribution < -0.4 is 16.2 Å². The maximum atomic E-state index is 12.8. The molecule has 0 atom stereocenters. The summed E-state index contributed by atoms with van der Waals surface area (Å²) in [5, 5.41) is 0. The minimum absolute atomic E-state index is 0.227. The van der Waals surface area contributed by atoms with Crippen LogP contribution in [0.5, 0.6) is 0 Å². The van der Waals surface area contributed by atoms with Crippen LogP contribution >= 0.6 is 0 Å². The van der Waals surface area contributed by atoms with E-state index in [0.717, 1.165) is 18.9 Å². The van der Waals surface area contributed by atoms with Crippen molar-refractivity contribution in [2.24, 2.45) is 5.84 Å². The number of anilines is 2. The second kappa shape index (κ2) is 6.02. The Morgan fingerprint density at radius 2 is 1.90 bits per heavy atom. The lowest BCUT2D eigenvalue weighted by Gasteiger charge is -2.36. The molecule has 0 saturated carbocycles. The molecular formula is C12H19F3N6. The van der Waals surface area contributed by atoms with E-state index in [2.05, 4.69) is 20.3 Å². The van der Waals surface area contributed by atoms with Crippen LogP contribution in [-0.4, -0.2) is 48.1 Å². The van der Waals surface area contributed by atoms with Gasteiger partial charge in [0.25, 0.3) is 0 Å². The zero-order valence-electron chi connectivity index (χ0n) is 12.0. The van der Waals surface area contributed by atoms with E-state index in [1.54, 1.807) is 0 Å². The summed E-state index contributed by atoms with van der Waals surface area (Å²) < 4.78 is 38.5. The van der Waals surface area contributed by atoms with E-state index in [1.165, 1.54) is 0 Å². The van der Waals surface area contributed by atoms with Gasteiger partial charge in [-0.05, 0) is 26.9 Å². The van der Waals surface area contributed by atoms with Gasteiger partial charge >= 0.3 is 6.18 Å². The van der Waals surface area contributed by atoms with Gasteiger partial charge in [-0.25, -0.2) is 10.8 Å². The molecule has 21 heavy (non-hydrogen) atoms. The van der Waals surface area contributed by atoms with E-state index in [-0.39, 0.29) is 11.8 Å². The number of hydrogen-bond acceptors (Lipinski definition) is 6. The molecule has 0 amide bonds. The first-order valence-electron chi connectivity index (χ1n) is 6.65. The lowest BCUT2D eigenvalue weighted by molar-refractivity contribution is -0.141. The van der Waals surface area contributed by atoms with Crippen molar-refractivity contribution >= 4 is 11.8 Å². The molecule has 0 aromatic carbocycles. The van der Waals surface area contributed by atoms with Gasteiger partial charge in [0, 0.05) is 25.2 Å². The number of nitrogens with zero attached hydrogens (tertiary/aromatic N) is 4. The Morgan fingerprint density at radius 1 is 1.29 bits per heavy atom. The van der Waals surface area contributed by atoms with Gasteiger partial charge in [-0.3, -0.25) is 5.43 Å². The molecule has 0 radical (unpaired) electrons. The minimum Gasteiger partial charge on any atom is -0.356 e. The van der Waals surface area contributed by atoms with Gasteiger partial charge in [-0.2, -0.15) is 18.2 Å². The van der Waals surface area contributed by atoms with Crippen molar-refractivity contribution in [3.63, 3.8) is 0 Å². The molecule has 1 aliphatic rings. The fraction of sp³-hybridized carbons (Fsp3) is 0.667. The molecule has 0 unspecified atom stereocenters. The third kappa shape index (κ3) is 3.73. The van der Waals surface area contributed by atoms with Crippen molar-refractivity contribution in [1.29, 1.82) is 0 Å². The molecule has 6 nitrogen and oxygen atoms in total. The number of alkyl halides is 3. The van der Waals surface area contributed by atoms with E-state index in [9.17, 15) is 13.2 Å². The van der Waals surface area contributed by atoms with Gasteiger partial charge in [0.1, 0.15) is 5.82 Å². The zero-order valence-corrected chi connectivity index (χ0v) is 12.0. The Hall–Kier alpha value is -1.61. The van der Waals surface area contributed by atoms with Gasteiger partial charge in [0.15, 0.2) is 5.69 Å². The van der Waals surface area contributed by atoms with Crippen LogP contribution in [-0.2, 0) is 6.18 Å². The normalized spacial score (nSPS) is 17.4. The van der Waals surface area contributed by atoms with E-state index < -0.39 is 11.9 Å². The number of piperidine rings is 1. The summed E-state index contributed by atoms with van der Waals surface area (Å²) in [6, 6.07) is 1.41. The fourth-order valence-electron chi connectivity index (χ4n) is 2.42. The second-order valence-electron chi connectivity index (χ2n) is 5.26. The monoisotopic (exact) mass is 304 g/mol. The van der Waals surface area contributed by atoms with Crippen molar-refractivity contribution in [3.05, 3.63) is 11.8 Å². The van der Waals surface area contributed by atoms with Crippen LogP contribution in [0.3, 0.4) is 0 Å². The number of nitrogens with one attached hydrogen (secondary N) is 1. The molecule has 118 valence electrons. The number of rotatable bonds is 3. The number of nitrogen functional groups attached to an aromatic ring is 1. The maximum Gasteiger partial charge on any atom is 0.433 e. The van der Waals surface area contributed by atoms with Gasteiger partial charge in [0.05, 0.1) is 0 Å². The average Bonchev–Trinajstić information content (AvgIpc) is 2.46. The largest absolute Gasteiger partial charge is 0.433 e. The van der Waals surface area contributed by atoms with Crippen molar-refractivity contribution in [3.8, 4) is 0 Å². The Balaban J connectivity index is 2.20. The highest BCUT2D eigenvalue weighted by molar-refractivity contribution is 5.45. The highest BCUT2D eigenvalue weighted by Gasteiger charge is 2.34. The molecule has 1 aliphatic heterocycles. The third-order valence-corrected chi connectivity index (χ3v) is 3.65. The maximum absolute atomic E-state index is 12.8. The molecule has 9 heteroatoms. The molecule has 0 bridgehead atoms. The first-order valence-corrected chi connectivity index (χ1v) is 6.65. The van der Waals surface area contributed by atoms with E-state index in [1.807, 2.05) is 19.0 Å². The molecule has 2 rings (SSSR count). The Bertz CT molecular complexity index is 482. The quantitative estimate of drug-likeness (QED) is 0.648. The zero-order chi connectivity index (χ0) is 15.6. The molecule has 1 fully saturated rings. The average molecular weight is 304 g/mol.